The van der Waals surface area contributed by atoms with Gasteiger partial charge in [-0.3, -0.25) is 9.78 Å². The van der Waals surface area contributed by atoms with E-state index in [1.807, 2.05) is 6.92 Å². The van der Waals surface area contributed by atoms with Crippen molar-refractivity contribution in [3.63, 3.8) is 0 Å². The van der Waals surface area contributed by atoms with E-state index in [-0.39, 0.29) is 12.3 Å². The number of ketones is 1. The Kier molecular flexibility index (Phi) is 2.28. The van der Waals surface area contributed by atoms with Crippen molar-refractivity contribution in [3.8, 4) is 0 Å². The van der Waals surface area contributed by atoms with E-state index in [9.17, 15) is 4.79 Å². The average molecular weight is 151 g/mol. The Morgan fingerprint density at radius 1 is 1.55 bits per heavy atom. The number of Topliss-reactive ketones (excluding diaryl/α,β-unsaturated/α-hetero) is 1. The minimum absolute atomic E-state index is 0.0161. The minimum Gasteiger partial charge on any atom is -0.324 e. The number of carbonyl (C=O) groups is 1. The van der Waals surface area contributed by atoms with E-state index < -0.39 is 0 Å². The normalized spacial score (nSPS) is 9.64. The predicted octanol–water partition coefficient (Wildman–Crippen LogP) is -0.0736. The van der Waals surface area contributed by atoms with Crippen LogP contribution < -0.4 is 5.73 Å². The van der Waals surface area contributed by atoms with Crippen LogP contribution >= 0.6 is 0 Å². The SMILES string of the molecule is Cc1cnc(C(=O)CN)cn1. The maximum atomic E-state index is 10.9. The number of aromatic nitrogens is 2. The lowest BCUT2D eigenvalue weighted by molar-refractivity contribution is 0.0996. The molecule has 0 saturated carbocycles. The molecule has 0 saturated heterocycles. The van der Waals surface area contributed by atoms with Gasteiger partial charge >= 0.3 is 0 Å². The molecule has 1 aromatic rings. The largest absolute Gasteiger partial charge is 0.324 e. The lowest BCUT2D eigenvalue weighted by atomic mass is 10.3. The van der Waals surface area contributed by atoms with Crippen molar-refractivity contribution in [2.45, 2.75) is 6.92 Å². The van der Waals surface area contributed by atoms with E-state index in [0.29, 0.717) is 5.69 Å². The topological polar surface area (TPSA) is 68.9 Å². The highest BCUT2D eigenvalue weighted by atomic mass is 16.1. The van der Waals surface area contributed by atoms with Gasteiger partial charge in [-0.15, -0.1) is 0 Å². The van der Waals surface area contributed by atoms with Crippen molar-refractivity contribution in [2.75, 3.05) is 6.54 Å². The fourth-order valence-corrected chi connectivity index (χ4v) is 0.641. The third-order valence-electron chi connectivity index (χ3n) is 1.25. The Labute approximate surface area is 64.5 Å². The summed E-state index contributed by atoms with van der Waals surface area (Å²) in [6.07, 6.45) is 2.98. The van der Waals surface area contributed by atoms with Crippen molar-refractivity contribution >= 4 is 5.78 Å². The quantitative estimate of drug-likeness (QED) is 0.600. The molecule has 0 aliphatic rings. The number of hydrogen-bond acceptors (Lipinski definition) is 4. The molecule has 58 valence electrons. The van der Waals surface area contributed by atoms with Crippen molar-refractivity contribution in [1.29, 1.82) is 0 Å². The van der Waals surface area contributed by atoms with Gasteiger partial charge in [0.2, 0.25) is 0 Å². The molecular formula is C7H9N3O. The first-order valence-corrected chi connectivity index (χ1v) is 3.26. The molecule has 0 bridgehead atoms. The van der Waals surface area contributed by atoms with Gasteiger partial charge in [0, 0.05) is 6.20 Å². The summed E-state index contributed by atoms with van der Waals surface area (Å²) < 4.78 is 0. The van der Waals surface area contributed by atoms with Gasteiger partial charge in [0.1, 0.15) is 5.69 Å². The number of nitrogens with two attached hydrogens (primary N) is 1. The molecule has 0 amide bonds. The molecule has 4 heteroatoms. The van der Waals surface area contributed by atoms with E-state index >= 15 is 0 Å². The Balaban J connectivity index is 2.90. The molecule has 11 heavy (non-hydrogen) atoms. The first-order chi connectivity index (χ1) is 5.24. The van der Waals surface area contributed by atoms with Crippen LogP contribution in [0.3, 0.4) is 0 Å². The molecule has 0 aliphatic heterocycles. The van der Waals surface area contributed by atoms with Gasteiger partial charge in [-0.2, -0.15) is 0 Å². The summed E-state index contributed by atoms with van der Waals surface area (Å²) >= 11 is 0. The van der Waals surface area contributed by atoms with E-state index in [0.717, 1.165) is 5.69 Å². The van der Waals surface area contributed by atoms with Crippen molar-refractivity contribution in [2.24, 2.45) is 5.73 Å². The van der Waals surface area contributed by atoms with Crippen molar-refractivity contribution in [3.05, 3.63) is 23.8 Å². The van der Waals surface area contributed by atoms with Gasteiger partial charge < -0.3 is 5.73 Å². The zero-order valence-electron chi connectivity index (χ0n) is 6.24. The van der Waals surface area contributed by atoms with Crippen molar-refractivity contribution < 1.29 is 4.79 Å². The van der Waals surface area contributed by atoms with E-state index in [1.165, 1.54) is 6.20 Å². The summed E-state index contributed by atoms with van der Waals surface area (Å²) in [6.45, 7) is 1.79. The summed E-state index contributed by atoms with van der Waals surface area (Å²) in [7, 11) is 0. The summed E-state index contributed by atoms with van der Waals surface area (Å²) in [4.78, 5) is 18.7. The van der Waals surface area contributed by atoms with Gasteiger partial charge in [-0.1, -0.05) is 0 Å². The van der Waals surface area contributed by atoms with Crippen LogP contribution in [0.5, 0.6) is 0 Å². The Morgan fingerprint density at radius 2 is 2.27 bits per heavy atom. The summed E-state index contributed by atoms with van der Waals surface area (Å²) in [5, 5.41) is 0. The Morgan fingerprint density at radius 3 is 2.73 bits per heavy atom. The molecule has 0 radical (unpaired) electrons. The average Bonchev–Trinajstić information content (AvgIpc) is 2.05. The fraction of sp³-hybridized carbons (Fsp3) is 0.286. The fourth-order valence-electron chi connectivity index (χ4n) is 0.641. The molecule has 2 N–H and O–H groups in total. The van der Waals surface area contributed by atoms with E-state index in [2.05, 4.69) is 9.97 Å². The molecule has 0 fully saturated rings. The second kappa shape index (κ2) is 3.21. The summed E-state index contributed by atoms with van der Waals surface area (Å²) in [5.41, 5.74) is 6.25. The van der Waals surface area contributed by atoms with Crippen molar-refractivity contribution in [1.82, 2.24) is 9.97 Å². The van der Waals surface area contributed by atoms with Crippen LogP contribution in [-0.4, -0.2) is 22.3 Å². The summed E-state index contributed by atoms with van der Waals surface area (Å²) in [5.74, 6) is -0.183. The second-order valence-corrected chi connectivity index (χ2v) is 2.17. The molecular weight excluding hydrogens is 142 g/mol. The number of aryl methyl sites for hydroxylation is 1. The molecule has 0 aromatic carbocycles. The minimum atomic E-state index is -0.183. The van der Waals surface area contributed by atoms with Crippen LogP contribution in [0.25, 0.3) is 0 Å². The van der Waals surface area contributed by atoms with Crippen LogP contribution in [0.2, 0.25) is 0 Å². The molecule has 1 heterocycles. The monoisotopic (exact) mass is 151 g/mol. The third-order valence-corrected chi connectivity index (χ3v) is 1.25. The van der Waals surface area contributed by atoms with Crippen LogP contribution in [0.1, 0.15) is 16.2 Å². The Bertz CT molecular complexity index is 255. The lowest BCUT2D eigenvalue weighted by Gasteiger charge is -1.95. The summed E-state index contributed by atoms with van der Waals surface area (Å²) in [6, 6.07) is 0. The lowest BCUT2D eigenvalue weighted by Crippen LogP contribution is -2.15. The first-order valence-electron chi connectivity index (χ1n) is 3.26. The number of nitrogens with zero attached hydrogens (tertiary/aromatic N) is 2. The zero-order chi connectivity index (χ0) is 8.27. The van der Waals surface area contributed by atoms with Crippen LogP contribution in [0, 0.1) is 6.92 Å². The van der Waals surface area contributed by atoms with Gasteiger partial charge in [0.15, 0.2) is 5.78 Å². The molecule has 4 nitrogen and oxygen atoms in total. The molecule has 0 unspecified atom stereocenters. The number of carbonyl (C=O) groups excluding carboxylic acids is 1. The molecule has 0 aliphatic carbocycles. The zero-order valence-corrected chi connectivity index (χ0v) is 6.24. The highest BCUT2D eigenvalue weighted by Gasteiger charge is 2.03. The highest BCUT2D eigenvalue weighted by molar-refractivity contribution is 5.95. The molecule has 0 atom stereocenters. The third kappa shape index (κ3) is 1.81. The standard InChI is InChI=1S/C7H9N3O/c1-5-3-10-6(4-9-5)7(11)2-8/h3-4H,2,8H2,1H3. The van der Waals surface area contributed by atoms with Crippen LogP contribution in [-0.2, 0) is 0 Å². The van der Waals surface area contributed by atoms with Gasteiger partial charge in [-0.25, -0.2) is 4.98 Å². The highest BCUT2D eigenvalue weighted by Crippen LogP contribution is 1.93. The maximum Gasteiger partial charge on any atom is 0.196 e. The Hall–Kier alpha value is -1.29. The van der Waals surface area contributed by atoms with Crippen LogP contribution in [0.4, 0.5) is 0 Å². The van der Waals surface area contributed by atoms with Crippen LogP contribution in [0.15, 0.2) is 12.4 Å². The van der Waals surface area contributed by atoms with E-state index in [4.69, 9.17) is 5.73 Å². The van der Waals surface area contributed by atoms with E-state index in [1.54, 1.807) is 6.20 Å². The van der Waals surface area contributed by atoms with Gasteiger partial charge in [0.05, 0.1) is 18.4 Å². The van der Waals surface area contributed by atoms with Gasteiger partial charge in [0.25, 0.3) is 0 Å². The molecule has 0 spiro atoms. The molecule has 1 rings (SSSR count). The maximum absolute atomic E-state index is 10.9. The second-order valence-electron chi connectivity index (χ2n) is 2.17. The first kappa shape index (κ1) is 7.81. The number of hydrogen-bond donors (Lipinski definition) is 1. The predicted molar refractivity (Wildman–Crippen MR) is 40.2 cm³/mol. The van der Waals surface area contributed by atoms with Gasteiger partial charge in [-0.05, 0) is 6.92 Å². The smallest absolute Gasteiger partial charge is 0.196 e. The molecule has 1 aromatic heterocycles. The number of rotatable bonds is 2.